The summed E-state index contributed by atoms with van der Waals surface area (Å²) < 4.78 is 5.54. The summed E-state index contributed by atoms with van der Waals surface area (Å²) >= 11 is 0. The van der Waals surface area contributed by atoms with Crippen LogP contribution in [-0.4, -0.2) is 43.4 Å². The Kier molecular flexibility index (Phi) is 5.61. The van der Waals surface area contributed by atoms with Gasteiger partial charge in [0.15, 0.2) is 0 Å². The molecule has 1 aliphatic heterocycles. The summed E-state index contributed by atoms with van der Waals surface area (Å²) in [6, 6.07) is 6.72. The fraction of sp³-hybridized carbons (Fsp3) is 0.667. The van der Waals surface area contributed by atoms with E-state index in [0.29, 0.717) is 12.1 Å². The zero-order valence-corrected chi connectivity index (χ0v) is 12.0. The SMILES string of the molecule is CCOC(C)CNC1CCN(c2ccccn2)CC1. The maximum absolute atomic E-state index is 5.54. The molecule has 0 spiro atoms. The minimum absolute atomic E-state index is 0.304. The first-order valence-corrected chi connectivity index (χ1v) is 7.30. The lowest BCUT2D eigenvalue weighted by Gasteiger charge is -2.33. The van der Waals surface area contributed by atoms with E-state index in [2.05, 4.69) is 34.3 Å². The van der Waals surface area contributed by atoms with Gasteiger partial charge in [0, 0.05) is 38.5 Å². The second kappa shape index (κ2) is 7.46. The van der Waals surface area contributed by atoms with Gasteiger partial charge in [-0.25, -0.2) is 4.98 Å². The lowest BCUT2D eigenvalue weighted by atomic mass is 10.0. The van der Waals surface area contributed by atoms with Crippen molar-refractivity contribution in [2.24, 2.45) is 0 Å². The summed E-state index contributed by atoms with van der Waals surface area (Å²) in [6.07, 6.45) is 4.52. The van der Waals surface area contributed by atoms with E-state index in [0.717, 1.165) is 32.1 Å². The summed E-state index contributed by atoms with van der Waals surface area (Å²) in [5.74, 6) is 1.10. The van der Waals surface area contributed by atoms with Gasteiger partial charge in [0.1, 0.15) is 5.82 Å². The van der Waals surface area contributed by atoms with Crippen molar-refractivity contribution in [3.63, 3.8) is 0 Å². The summed E-state index contributed by atoms with van der Waals surface area (Å²) in [7, 11) is 0. The number of hydrogen-bond donors (Lipinski definition) is 1. The third kappa shape index (κ3) is 4.48. The van der Waals surface area contributed by atoms with Crippen LogP contribution >= 0.6 is 0 Å². The Labute approximate surface area is 116 Å². The van der Waals surface area contributed by atoms with Crippen LogP contribution in [0.2, 0.25) is 0 Å². The molecule has 1 N–H and O–H groups in total. The summed E-state index contributed by atoms with van der Waals surface area (Å²) in [4.78, 5) is 6.78. The van der Waals surface area contributed by atoms with Crippen LogP contribution in [0.3, 0.4) is 0 Å². The average molecular weight is 263 g/mol. The molecule has 0 bridgehead atoms. The molecule has 1 aliphatic rings. The minimum Gasteiger partial charge on any atom is -0.377 e. The third-order valence-corrected chi connectivity index (χ3v) is 3.61. The molecule has 0 aliphatic carbocycles. The molecular weight excluding hydrogens is 238 g/mol. The lowest BCUT2D eigenvalue weighted by molar-refractivity contribution is 0.0732. The van der Waals surface area contributed by atoms with Crippen molar-refractivity contribution in [2.45, 2.75) is 38.8 Å². The molecule has 0 amide bonds. The quantitative estimate of drug-likeness (QED) is 0.852. The van der Waals surface area contributed by atoms with Crippen molar-refractivity contribution < 1.29 is 4.74 Å². The molecule has 4 heteroatoms. The second-order valence-corrected chi connectivity index (χ2v) is 5.12. The summed E-state index contributed by atoms with van der Waals surface area (Å²) in [5, 5.41) is 3.61. The molecule has 0 saturated carbocycles. The topological polar surface area (TPSA) is 37.4 Å². The predicted octanol–water partition coefficient (Wildman–Crippen LogP) is 2.06. The van der Waals surface area contributed by atoms with Gasteiger partial charge in [-0.3, -0.25) is 0 Å². The van der Waals surface area contributed by atoms with E-state index in [1.54, 1.807) is 0 Å². The fourth-order valence-electron chi connectivity index (χ4n) is 2.53. The van der Waals surface area contributed by atoms with Gasteiger partial charge < -0.3 is 15.0 Å². The molecule has 1 atom stereocenters. The number of aromatic nitrogens is 1. The maximum atomic E-state index is 5.54. The van der Waals surface area contributed by atoms with Crippen molar-refractivity contribution in [1.29, 1.82) is 0 Å². The first kappa shape index (κ1) is 14.3. The van der Waals surface area contributed by atoms with E-state index in [4.69, 9.17) is 4.74 Å². The van der Waals surface area contributed by atoms with Gasteiger partial charge in [0.05, 0.1) is 6.10 Å². The van der Waals surface area contributed by atoms with Crippen molar-refractivity contribution in [1.82, 2.24) is 10.3 Å². The Bertz CT molecular complexity index is 350. The number of piperidine rings is 1. The van der Waals surface area contributed by atoms with Crippen LogP contribution in [-0.2, 0) is 4.74 Å². The van der Waals surface area contributed by atoms with Crippen molar-refractivity contribution in [3.05, 3.63) is 24.4 Å². The van der Waals surface area contributed by atoms with Gasteiger partial charge >= 0.3 is 0 Å². The highest BCUT2D eigenvalue weighted by Gasteiger charge is 2.19. The number of anilines is 1. The molecule has 2 heterocycles. The monoisotopic (exact) mass is 263 g/mol. The molecular formula is C15H25N3O. The highest BCUT2D eigenvalue weighted by atomic mass is 16.5. The van der Waals surface area contributed by atoms with E-state index in [1.807, 2.05) is 19.2 Å². The first-order valence-electron chi connectivity index (χ1n) is 7.30. The van der Waals surface area contributed by atoms with Gasteiger partial charge in [0.2, 0.25) is 0 Å². The standard InChI is InChI=1S/C15H25N3O/c1-3-19-13(2)12-17-14-7-10-18(11-8-14)15-6-4-5-9-16-15/h4-6,9,13-14,17H,3,7-8,10-12H2,1-2H3. The lowest BCUT2D eigenvalue weighted by Crippen LogP contribution is -2.44. The van der Waals surface area contributed by atoms with E-state index >= 15 is 0 Å². The van der Waals surface area contributed by atoms with E-state index < -0.39 is 0 Å². The first-order chi connectivity index (χ1) is 9.29. The molecule has 106 valence electrons. The number of nitrogens with one attached hydrogen (secondary N) is 1. The molecule has 19 heavy (non-hydrogen) atoms. The number of ether oxygens (including phenoxy) is 1. The van der Waals surface area contributed by atoms with Crippen LogP contribution in [0.1, 0.15) is 26.7 Å². The highest BCUT2D eigenvalue weighted by molar-refractivity contribution is 5.38. The predicted molar refractivity (Wildman–Crippen MR) is 78.6 cm³/mol. The van der Waals surface area contributed by atoms with Crippen LogP contribution in [0.25, 0.3) is 0 Å². The summed E-state index contributed by atoms with van der Waals surface area (Å²) in [5.41, 5.74) is 0. The largest absolute Gasteiger partial charge is 0.377 e. The third-order valence-electron chi connectivity index (χ3n) is 3.61. The molecule has 1 saturated heterocycles. The van der Waals surface area contributed by atoms with Crippen LogP contribution in [0, 0.1) is 0 Å². The normalized spacial score (nSPS) is 18.5. The Morgan fingerprint density at radius 3 is 2.84 bits per heavy atom. The van der Waals surface area contributed by atoms with Crippen LogP contribution < -0.4 is 10.2 Å². The van der Waals surface area contributed by atoms with E-state index in [-0.39, 0.29) is 0 Å². The van der Waals surface area contributed by atoms with Crippen molar-refractivity contribution >= 4 is 5.82 Å². The van der Waals surface area contributed by atoms with E-state index in [9.17, 15) is 0 Å². The Balaban J connectivity index is 1.71. The smallest absolute Gasteiger partial charge is 0.128 e. The van der Waals surface area contributed by atoms with Crippen LogP contribution in [0.4, 0.5) is 5.82 Å². The molecule has 1 unspecified atom stereocenters. The Morgan fingerprint density at radius 1 is 1.42 bits per heavy atom. The number of hydrogen-bond acceptors (Lipinski definition) is 4. The van der Waals surface area contributed by atoms with Gasteiger partial charge in [-0.15, -0.1) is 0 Å². The maximum Gasteiger partial charge on any atom is 0.128 e. The number of rotatable bonds is 6. The van der Waals surface area contributed by atoms with Gasteiger partial charge in [0.25, 0.3) is 0 Å². The minimum atomic E-state index is 0.304. The van der Waals surface area contributed by atoms with Crippen molar-refractivity contribution in [2.75, 3.05) is 31.1 Å². The molecule has 4 nitrogen and oxygen atoms in total. The van der Waals surface area contributed by atoms with Gasteiger partial charge in [-0.1, -0.05) is 6.07 Å². The number of pyridine rings is 1. The second-order valence-electron chi connectivity index (χ2n) is 5.12. The molecule has 1 aromatic rings. The van der Waals surface area contributed by atoms with Crippen LogP contribution in [0.5, 0.6) is 0 Å². The average Bonchev–Trinajstić information content (AvgIpc) is 2.47. The Hall–Kier alpha value is -1.13. The molecule has 1 aromatic heterocycles. The number of nitrogens with zero attached hydrogens (tertiary/aromatic N) is 2. The molecule has 2 rings (SSSR count). The fourth-order valence-corrected chi connectivity index (χ4v) is 2.53. The van der Waals surface area contributed by atoms with E-state index in [1.165, 1.54) is 12.8 Å². The van der Waals surface area contributed by atoms with Crippen molar-refractivity contribution in [3.8, 4) is 0 Å². The molecule has 0 radical (unpaired) electrons. The molecule has 1 fully saturated rings. The highest BCUT2D eigenvalue weighted by Crippen LogP contribution is 2.17. The summed E-state index contributed by atoms with van der Waals surface area (Å²) in [6.45, 7) is 8.07. The zero-order valence-electron chi connectivity index (χ0n) is 12.0. The van der Waals surface area contributed by atoms with Gasteiger partial charge in [-0.2, -0.15) is 0 Å². The van der Waals surface area contributed by atoms with Gasteiger partial charge in [-0.05, 0) is 38.8 Å². The Morgan fingerprint density at radius 2 is 2.21 bits per heavy atom. The molecule has 0 aromatic carbocycles. The zero-order chi connectivity index (χ0) is 13.5. The van der Waals surface area contributed by atoms with Crippen LogP contribution in [0.15, 0.2) is 24.4 Å².